The molecule has 2 aliphatic rings. The van der Waals surface area contributed by atoms with Crippen molar-refractivity contribution in [1.29, 1.82) is 0 Å². The van der Waals surface area contributed by atoms with E-state index in [9.17, 15) is 5.11 Å². The average molecular weight is 267 g/mol. The number of rotatable bonds is 3. The van der Waals surface area contributed by atoms with Crippen molar-refractivity contribution in [3.8, 4) is 0 Å². The Kier molecular flexibility index (Phi) is 4.32. The maximum Gasteiger partial charge on any atom is 0.0695 e. The van der Waals surface area contributed by atoms with Crippen LogP contribution in [0, 0.1) is 16.7 Å². The van der Waals surface area contributed by atoms with Gasteiger partial charge in [-0.15, -0.1) is 0 Å². The molecule has 1 N–H and O–H groups in total. The van der Waals surface area contributed by atoms with Crippen molar-refractivity contribution in [2.24, 2.45) is 16.7 Å². The fourth-order valence-corrected chi connectivity index (χ4v) is 3.96. The minimum absolute atomic E-state index is 0.0993. The quantitative estimate of drug-likeness (QED) is 0.843. The zero-order valence-corrected chi connectivity index (χ0v) is 13.6. The molecule has 112 valence electrons. The molecule has 1 heterocycles. The second-order valence-electron chi connectivity index (χ2n) is 8.37. The second-order valence-corrected chi connectivity index (χ2v) is 8.37. The first-order valence-electron chi connectivity index (χ1n) is 8.17. The van der Waals surface area contributed by atoms with Crippen LogP contribution in [0.5, 0.6) is 0 Å². The summed E-state index contributed by atoms with van der Waals surface area (Å²) in [5.74, 6) is 0.773. The fraction of sp³-hybridized carbons (Fsp3) is 1.00. The molecule has 0 aromatic rings. The van der Waals surface area contributed by atoms with Gasteiger partial charge in [-0.2, -0.15) is 0 Å². The molecule has 1 saturated heterocycles. The summed E-state index contributed by atoms with van der Waals surface area (Å²) in [5, 5.41) is 10.4. The van der Waals surface area contributed by atoms with E-state index in [-0.39, 0.29) is 6.10 Å². The van der Waals surface area contributed by atoms with Crippen LogP contribution in [0.25, 0.3) is 0 Å². The smallest absolute Gasteiger partial charge is 0.0695 e. The lowest BCUT2D eigenvalue weighted by atomic mass is 9.67. The van der Waals surface area contributed by atoms with Gasteiger partial charge in [0.25, 0.3) is 0 Å². The molecule has 2 rings (SSSR count). The van der Waals surface area contributed by atoms with Crippen molar-refractivity contribution in [2.45, 2.75) is 78.9 Å². The first kappa shape index (κ1) is 15.3. The molecule has 3 unspecified atom stereocenters. The number of aliphatic hydroxyl groups is 1. The normalized spacial score (nSPS) is 36.6. The van der Waals surface area contributed by atoms with E-state index in [0.717, 1.165) is 18.9 Å². The maximum absolute atomic E-state index is 10.4. The molecule has 0 bridgehead atoms. The third-order valence-corrected chi connectivity index (χ3v) is 5.97. The van der Waals surface area contributed by atoms with Gasteiger partial charge in [-0.3, -0.25) is 4.90 Å². The molecular formula is C17H33NO. The largest absolute Gasteiger partial charge is 0.391 e. The first-order valence-corrected chi connectivity index (χ1v) is 8.17. The molecular weight excluding hydrogens is 234 g/mol. The van der Waals surface area contributed by atoms with Gasteiger partial charge in [-0.1, -0.05) is 41.0 Å². The van der Waals surface area contributed by atoms with Crippen molar-refractivity contribution in [1.82, 2.24) is 4.90 Å². The van der Waals surface area contributed by atoms with Gasteiger partial charge < -0.3 is 5.11 Å². The van der Waals surface area contributed by atoms with Crippen LogP contribution in [0.4, 0.5) is 0 Å². The number of aliphatic hydroxyl groups excluding tert-OH is 1. The summed E-state index contributed by atoms with van der Waals surface area (Å²) in [6, 6.07) is 0.409. The maximum atomic E-state index is 10.4. The molecule has 1 aliphatic carbocycles. The molecule has 2 nitrogen and oxygen atoms in total. The van der Waals surface area contributed by atoms with Crippen LogP contribution >= 0.6 is 0 Å². The summed E-state index contributed by atoms with van der Waals surface area (Å²) in [4.78, 5) is 2.57. The second kappa shape index (κ2) is 5.37. The van der Waals surface area contributed by atoms with Crippen LogP contribution in [0.3, 0.4) is 0 Å². The molecule has 1 aliphatic heterocycles. The molecule has 0 aromatic heterocycles. The third kappa shape index (κ3) is 3.33. The van der Waals surface area contributed by atoms with Crippen LogP contribution in [0.2, 0.25) is 0 Å². The Hall–Kier alpha value is -0.0800. The number of hydrogen-bond donors (Lipinski definition) is 1. The zero-order valence-electron chi connectivity index (χ0n) is 13.6. The summed E-state index contributed by atoms with van der Waals surface area (Å²) >= 11 is 0. The Balaban J connectivity index is 2.03. The minimum Gasteiger partial charge on any atom is -0.391 e. The molecule has 0 radical (unpaired) electrons. The topological polar surface area (TPSA) is 23.5 Å². The van der Waals surface area contributed by atoms with Crippen molar-refractivity contribution in [3.63, 3.8) is 0 Å². The predicted molar refractivity (Wildman–Crippen MR) is 81.2 cm³/mol. The van der Waals surface area contributed by atoms with E-state index in [2.05, 4.69) is 39.5 Å². The van der Waals surface area contributed by atoms with E-state index in [1.165, 1.54) is 32.2 Å². The lowest BCUT2D eigenvalue weighted by molar-refractivity contribution is -0.0155. The predicted octanol–water partition coefficient (Wildman–Crippen LogP) is 3.68. The van der Waals surface area contributed by atoms with Crippen molar-refractivity contribution < 1.29 is 5.11 Å². The Morgan fingerprint density at radius 2 is 1.95 bits per heavy atom. The van der Waals surface area contributed by atoms with Crippen LogP contribution in [-0.2, 0) is 0 Å². The summed E-state index contributed by atoms with van der Waals surface area (Å²) in [6.07, 6.45) is 5.81. The van der Waals surface area contributed by atoms with Gasteiger partial charge in [-0.25, -0.2) is 0 Å². The van der Waals surface area contributed by atoms with Gasteiger partial charge in [0.2, 0.25) is 0 Å². The summed E-state index contributed by atoms with van der Waals surface area (Å²) in [5.41, 5.74) is 0.862. The summed E-state index contributed by atoms with van der Waals surface area (Å²) in [7, 11) is 0. The Morgan fingerprint density at radius 3 is 2.47 bits per heavy atom. The van der Waals surface area contributed by atoms with Gasteiger partial charge in [0.15, 0.2) is 0 Å². The fourth-order valence-electron chi connectivity index (χ4n) is 3.96. The van der Waals surface area contributed by atoms with E-state index in [0.29, 0.717) is 16.9 Å². The Bertz CT molecular complexity index is 310. The van der Waals surface area contributed by atoms with Gasteiger partial charge in [0.05, 0.1) is 6.10 Å². The monoisotopic (exact) mass is 267 g/mol. The highest BCUT2D eigenvalue weighted by Gasteiger charge is 2.42. The van der Waals surface area contributed by atoms with Gasteiger partial charge in [-0.05, 0) is 49.0 Å². The van der Waals surface area contributed by atoms with Crippen LogP contribution in [-0.4, -0.2) is 35.2 Å². The highest BCUT2D eigenvalue weighted by molar-refractivity contribution is 4.95. The average Bonchev–Trinajstić information content (AvgIpc) is 2.70. The molecule has 3 atom stereocenters. The van der Waals surface area contributed by atoms with Crippen molar-refractivity contribution in [2.75, 3.05) is 13.1 Å². The third-order valence-electron chi connectivity index (χ3n) is 5.97. The molecule has 0 spiro atoms. The summed E-state index contributed by atoms with van der Waals surface area (Å²) in [6.45, 7) is 14.2. The molecule has 2 fully saturated rings. The molecule has 19 heavy (non-hydrogen) atoms. The van der Waals surface area contributed by atoms with E-state index in [1.807, 2.05) is 0 Å². The Morgan fingerprint density at radius 1 is 1.26 bits per heavy atom. The highest BCUT2D eigenvalue weighted by atomic mass is 16.3. The van der Waals surface area contributed by atoms with E-state index >= 15 is 0 Å². The number of hydrogen-bond acceptors (Lipinski definition) is 2. The van der Waals surface area contributed by atoms with E-state index in [1.54, 1.807) is 0 Å². The molecule has 0 aromatic carbocycles. The summed E-state index contributed by atoms with van der Waals surface area (Å²) < 4.78 is 0. The number of nitrogens with zero attached hydrogens (tertiary/aromatic N) is 1. The van der Waals surface area contributed by atoms with Crippen molar-refractivity contribution >= 4 is 0 Å². The van der Waals surface area contributed by atoms with Crippen molar-refractivity contribution in [3.05, 3.63) is 0 Å². The SMILES string of the molecule is CCC(C)(C)C1CCC(O)C(N2CCC(C)(C)C2)C1. The van der Waals surface area contributed by atoms with Gasteiger partial charge in [0, 0.05) is 12.6 Å². The Labute approximate surface area is 119 Å². The standard InChI is InChI=1S/C17H33NO/c1-6-17(4,5)13-7-8-15(19)14(11-13)18-10-9-16(2,3)12-18/h13-15,19H,6-12H2,1-5H3. The van der Waals surface area contributed by atoms with Crippen LogP contribution in [0.1, 0.15) is 66.7 Å². The molecule has 1 saturated carbocycles. The molecule has 0 amide bonds. The van der Waals surface area contributed by atoms with Crippen LogP contribution in [0.15, 0.2) is 0 Å². The lowest BCUT2D eigenvalue weighted by Gasteiger charge is -2.44. The van der Waals surface area contributed by atoms with Gasteiger partial charge >= 0.3 is 0 Å². The van der Waals surface area contributed by atoms with E-state index in [4.69, 9.17) is 0 Å². The highest BCUT2D eigenvalue weighted by Crippen LogP contribution is 2.43. The number of likely N-dealkylation sites (tertiary alicyclic amines) is 1. The minimum atomic E-state index is -0.0993. The lowest BCUT2D eigenvalue weighted by Crippen LogP contribution is -2.48. The first-order chi connectivity index (χ1) is 8.75. The van der Waals surface area contributed by atoms with Crippen LogP contribution < -0.4 is 0 Å². The van der Waals surface area contributed by atoms with E-state index < -0.39 is 0 Å². The van der Waals surface area contributed by atoms with Gasteiger partial charge in [0.1, 0.15) is 0 Å². The zero-order chi connectivity index (χ0) is 14.3. The molecule has 2 heteroatoms.